The fourth-order valence-electron chi connectivity index (χ4n) is 3.51. The lowest BCUT2D eigenvalue weighted by molar-refractivity contribution is 0.0985. The second-order valence-electron chi connectivity index (χ2n) is 7.17. The maximum absolute atomic E-state index is 13.7. The minimum Gasteiger partial charge on any atom is -0.494 e. The molecule has 0 spiro atoms. The molecule has 0 unspecified atom stereocenters. The van der Waals surface area contributed by atoms with Crippen LogP contribution in [-0.2, 0) is 6.54 Å². The molecule has 31 heavy (non-hydrogen) atoms. The monoisotopic (exact) mass is 445 g/mol. The quantitative estimate of drug-likeness (QED) is 0.329. The number of thiazole rings is 2. The molecule has 2 heterocycles. The normalized spacial score (nSPS) is 11.2. The fourth-order valence-corrected chi connectivity index (χ4v) is 5.28. The third kappa shape index (κ3) is 3.66. The highest BCUT2D eigenvalue weighted by Gasteiger charge is 2.23. The zero-order valence-corrected chi connectivity index (χ0v) is 18.7. The summed E-state index contributed by atoms with van der Waals surface area (Å²) < 4.78 is 7.53. The largest absolute Gasteiger partial charge is 0.494 e. The number of hydrogen-bond donors (Lipinski definition) is 0. The number of aryl methyl sites for hydroxylation is 1. The lowest BCUT2D eigenvalue weighted by Gasteiger charge is -2.20. The fraction of sp³-hybridized carbons (Fsp3) is 0.125. The van der Waals surface area contributed by atoms with Crippen molar-refractivity contribution in [2.75, 3.05) is 12.0 Å². The predicted octanol–water partition coefficient (Wildman–Crippen LogP) is 6.07. The summed E-state index contributed by atoms with van der Waals surface area (Å²) >= 11 is 3.04. The molecule has 0 atom stereocenters. The molecule has 7 heteroatoms. The van der Waals surface area contributed by atoms with Crippen LogP contribution < -0.4 is 9.64 Å². The zero-order valence-electron chi connectivity index (χ0n) is 17.0. The Bertz CT molecular complexity index is 1390. The minimum absolute atomic E-state index is 0.0881. The van der Waals surface area contributed by atoms with Crippen LogP contribution in [0.4, 0.5) is 5.13 Å². The first-order valence-corrected chi connectivity index (χ1v) is 11.5. The molecule has 0 saturated heterocycles. The van der Waals surface area contributed by atoms with Crippen molar-refractivity contribution in [2.45, 2.75) is 13.5 Å². The number of aromatic nitrogens is 2. The second kappa shape index (κ2) is 8.09. The molecule has 0 N–H and O–H groups in total. The number of amides is 1. The van der Waals surface area contributed by atoms with Crippen LogP contribution in [0.3, 0.4) is 0 Å². The van der Waals surface area contributed by atoms with E-state index in [0.29, 0.717) is 23.0 Å². The van der Waals surface area contributed by atoms with E-state index in [4.69, 9.17) is 9.72 Å². The number of rotatable bonds is 5. The van der Waals surface area contributed by atoms with Crippen molar-refractivity contribution < 1.29 is 9.53 Å². The highest BCUT2D eigenvalue weighted by molar-refractivity contribution is 7.22. The number of carbonyl (C=O) groups excluding carboxylic acids is 1. The van der Waals surface area contributed by atoms with E-state index in [-0.39, 0.29) is 5.91 Å². The number of ether oxygens (including phenoxy) is 1. The maximum atomic E-state index is 13.7. The van der Waals surface area contributed by atoms with Crippen molar-refractivity contribution in [3.63, 3.8) is 0 Å². The number of carbonyl (C=O) groups is 1. The van der Waals surface area contributed by atoms with Gasteiger partial charge < -0.3 is 4.74 Å². The van der Waals surface area contributed by atoms with Crippen LogP contribution in [0.25, 0.3) is 20.4 Å². The molecule has 0 radical (unpaired) electrons. The lowest BCUT2D eigenvalue weighted by atomic mass is 10.1. The Morgan fingerprint density at radius 2 is 1.94 bits per heavy atom. The Hall–Kier alpha value is -3.29. The lowest BCUT2D eigenvalue weighted by Crippen LogP contribution is -2.30. The zero-order chi connectivity index (χ0) is 21.4. The van der Waals surface area contributed by atoms with Gasteiger partial charge in [0.2, 0.25) is 0 Å². The predicted molar refractivity (Wildman–Crippen MR) is 127 cm³/mol. The minimum atomic E-state index is -0.0881. The van der Waals surface area contributed by atoms with Gasteiger partial charge in [-0.2, -0.15) is 0 Å². The van der Waals surface area contributed by atoms with Gasteiger partial charge in [-0.05, 0) is 42.3 Å². The van der Waals surface area contributed by atoms with E-state index in [2.05, 4.69) is 4.98 Å². The average molecular weight is 446 g/mol. The molecule has 1 amide bonds. The molecular formula is C24H19N3O2S2. The van der Waals surface area contributed by atoms with E-state index in [1.54, 1.807) is 17.5 Å². The van der Waals surface area contributed by atoms with Gasteiger partial charge in [-0.1, -0.05) is 47.7 Å². The molecule has 154 valence electrons. The summed E-state index contributed by atoms with van der Waals surface area (Å²) in [5, 5.41) is 0.654. The first-order chi connectivity index (χ1) is 15.1. The van der Waals surface area contributed by atoms with Crippen molar-refractivity contribution in [1.82, 2.24) is 9.97 Å². The summed E-state index contributed by atoms with van der Waals surface area (Å²) in [6.45, 7) is 2.48. The molecule has 3 aromatic carbocycles. The molecule has 5 aromatic rings. The number of hydrogen-bond acceptors (Lipinski definition) is 6. The average Bonchev–Trinajstić information content (AvgIpc) is 3.45. The molecule has 0 aliphatic carbocycles. The van der Waals surface area contributed by atoms with Crippen molar-refractivity contribution in [2.24, 2.45) is 0 Å². The van der Waals surface area contributed by atoms with Gasteiger partial charge in [0.05, 0.1) is 34.1 Å². The first kappa shape index (κ1) is 19.7. The van der Waals surface area contributed by atoms with E-state index in [0.717, 1.165) is 31.6 Å². The van der Waals surface area contributed by atoms with Crippen LogP contribution in [0.1, 0.15) is 21.5 Å². The van der Waals surface area contributed by atoms with Gasteiger partial charge in [0, 0.05) is 5.56 Å². The Balaban J connectivity index is 1.62. The van der Waals surface area contributed by atoms with Gasteiger partial charge >= 0.3 is 0 Å². The van der Waals surface area contributed by atoms with E-state index in [1.165, 1.54) is 22.7 Å². The Labute approximate surface area is 187 Å². The summed E-state index contributed by atoms with van der Waals surface area (Å²) in [7, 11) is 1.64. The topological polar surface area (TPSA) is 55.3 Å². The van der Waals surface area contributed by atoms with Crippen LogP contribution >= 0.6 is 22.7 Å². The number of anilines is 1. The second-order valence-corrected chi connectivity index (χ2v) is 9.03. The Kier molecular flexibility index (Phi) is 5.13. The molecule has 5 nitrogen and oxygen atoms in total. The van der Waals surface area contributed by atoms with Crippen molar-refractivity contribution >= 4 is 54.1 Å². The van der Waals surface area contributed by atoms with Crippen LogP contribution in [-0.4, -0.2) is 23.0 Å². The smallest absolute Gasteiger partial charge is 0.260 e. The van der Waals surface area contributed by atoms with Crippen LogP contribution in [0.5, 0.6) is 5.75 Å². The summed E-state index contributed by atoms with van der Waals surface area (Å²) in [4.78, 5) is 24.6. The van der Waals surface area contributed by atoms with Gasteiger partial charge in [-0.15, -0.1) is 11.3 Å². The maximum Gasteiger partial charge on any atom is 0.260 e. The van der Waals surface area contributed by atoms with E-state index in [9.17, 15) is 4.79 Å². The molecule has 0 bridgehead atoms. The first-order valence-electron chi connectivity index (χ1n) is 9.77. The van der Waals surface area contributed by atoms with Crippen LogP contribution in [0.15, 0.2) is 66.2 Å². The number of methoxy groups -OCH3 is 1. The van der Waals surface area contributed by atoms with Crippen LogP contribution in [0, 0.1) is 6.92 Å². The molecule has 0 aliphatic heterocycles. The molecule has 0 aliphatic rings. The Morgan fingerprint density at radius 3 is 2.74 bits per heavy atom. The van der Waals surface area contributed by atoms with Gasteiger partial charge in [0.15, 0.2) is 5.13 Å². The number of nitrogens with zero attached hydrogens (tertiary/aromatic N) is 3. The third-order valence-electron chi connectivity index (χ3n) is 5.15. The van der Waals surface area contributed by atoms with E-state index in [1.807, 2.05) is 67.6 Å². The molecule has 0 saturated carbocycles. The van der Waals surface area contributed by atoms with E-state index >= 15 is 0 Å². The van der Waals surface area contributed by atoms with Gasteiger partial charge in [-0.25, -0.2) is 9.97 Å². The van der Waals surface area contributed by atoms with Gasteiger partial charge in [0.25, 0.3) is 5.91 Å². The van der Waals surface area contributed by atoms with Crippen molar-refractivity contribution in [3.05, 3.63) is 82.9 Å². The molecule has 2 aromatic heterocycles. The van der Waals surface area contributed by atoms with Crippen molar-refractivity contribution in [3.8, 4) is 5.75 Å². The highest BCUT2D eigenvalue weighted by atomic mass is 32.1. The highest BCUT2D eigenvalue weighted by Crippen LogP contribution is 2.37. The van der Waals surface area contributed by atoms with Crippen molar-refractivity contribution in [1.29, 1.82) is 0 Å². The molecule has 0 fully saturated rings. The number of benzene rings is 3. The standard InChI is InChI=1S/C24H19N3O2S2/c1-15-8-11-19(29-2)21-22(15)31-24(26-21)27(13-16-6-4-3-5-7-16)23(28)17-9-10-18-20(12-17)30-14-25-18/h3-12,14H,13H2,1-2H3. The summed E-state index contributed by atoms with van der Waals surface area (Å²) in [6.07, 6.45) is 0. The summed E-state index contributed by atoms with van der Waals surface area (Å²) in [5.41, 5.74) is 6.25. The number of fused-ring (bicyclic) bond motifs is 2. The Morgan fingerprint density at radius 1 is 1.10 bits per heavy atom. The molecule has 5 rings (SSSR count). The van der Waals surface area contributed by atoms with Gasteiger partial charge in [0.1, 0.15) is 11.3 Å². The van der Waals surface area contributed by atoms with E-state index < -0.39 is 0 Å². The third-order valence-corrected chi connectivity index (χ3v) is 7.16. The van der Waals surface area contributed by atoms with Gasteiger partial charge in [-0.3, -0.25) is 9.69 Å². The molecular weight excluding hydrogens is 426 g/mol. The summed E-state index contributed by atoms with van der Waals surface area (Å²) in [5.74, 6) is 0.621. The van der Waals surface area contributed by atoms with Crippen LogP contribution in [0.2, 0.25) is 0 Å². The summed E-state index contributed by atoms with van der Waals surface area (Å²) in [6, 6.07) is 19.5. The SMILES string of the molecule is COc1ccc(C)c2sc(N(Cc3ccccc3)C(=O)c3ccc4ncsc4c3)nc12.